The number of amides is 1. The molecule has 3 heteroatoms. The van der Waals surface area contributed by atoms with Crippen LogP contribution in [-0.4, -0.2) is 29.7 Å². The minimum atomic E-state index is -0.386. The van der Waals surface area contributed by atoms with Crippen molar-refractivity contribution < 1.29 is 9.53 Å². The molecule has 0 unspecified atom stereocenters. The van der Waals surface area contributed by atoms with E-state index in [1.807, 2.05) is 25.7 Å². The third kappa shape index (κ3) is 6.87. The molecule has 0 aromatic carbocycles. The van der Waals surface area contributed by atoms with Crippen molar-refractivity contribution >= 4 is 6.09 Å². The molecule has 0 aliphatic carbocycles. The van der Waals surface area contributed by atoms with Crippen LogP contribution >= 0.6 is 0 Å². The van der Waals surface area contributed by atoms with E-state index in [-0.39, 0.29) is 11.7 Å². The van der Waals surface area contributed by atoms with Crippen LogP contribution < -0.4 is 0 Å². The molecule has 1 aliphatic rings. The van der Waals surface area contributed by atoms with E-state index in [1.54, 1.807) is 0 Å². The zero-order chi connectivity index (χ0) is 13.4. The largest absolute Gasteiger partial charge is 0.444 e. The number of ether oxygens (including phenoxy) is 1. The van der Waals surface area contributed by atoms with E-state index in [2.05, 4.69) is 0 Å². The summed E-state index contributed by atoms with van der Waals surface area (Å²) in [4.78, 5) is 14.0. The van der Waals surface area contributed by atoms with Gasteiger partial charge in [-0.3, -0.25) is 0 Å². The normalized spacial score (nSPS) is 20.1. The van der Waals surface area contributed by atoms with Crippen LogP contribution in [0.3, 0.4) is 0 Å². The van der Waals surface area contributed by atoms with E-state index in [9.17, 15) is 4.79 Å². The average molecular weight is 255 g/mol. The lowest BCUT2D eigenvalue weighted by Gasteiger charge is -2.27. The molecule has 18 heavy (non-hydrogen) atoms. The number of nitrogens with zero attached hydrogens (tertiary/aromatic N) is 1. The van der Waals surface area contributed by atoms with E-state index in [0.29, 0.717) is 0 Å². The Balaban J connectivity index is 2.45. The summed E-state index contributed by atoms with van der Waals surface area (Å²) < 4.78 is 5.46. The van der Waals surface area contributed by atoms with Gasteiger partial charge < -0.3 is 9.64 Å². The maximum Gasteiger partial charge on any atom is 0.410 e. The van der Waals surface area contributed by atoms with Gasteiger partial charge in [-0.25, -0.2) is 4.79 Å². The highest BCUT2D eigenvalue weighted by atomic mass is 16.6. The van der Waals surface area contributed by atoms with E-state index in [4.69, 9.17) is 4.74 Å². The monoisotopic (exact) mass is 255 g/mol. The predicted octanol–water partition coefficient (Wildman–Crippen LogP) is 4.36. The highest BCUT2D eigenvalue weighted by molar-refractivity contribution is 5.68. The van der Waals surface area contributed by atoms with Crippen molar-refractivity contribution in [1.29, 1.82) is 0 Å². The van der Waals surface area contributed by atoms with E-state index >= 15 is 0 Å². The molecule has 1 heterocycles. The predicted molar refractivity (Wildman–Crippen MR) is 74.7 cm³/mol. The molecular formula is C15H29NO2. The third-order valence-corrected chi connectivity index (χ3v) is 3.26. The fourth-order valence-electron chi connectivity index (χ4n) is 2.29. The van der Waals surface area contributed by atoms with Gasteiger partial charge in [-0.15, -0.1) is 0 Å². The van der Waals surface area contributed by atoms with E-state index in [0.717, 1.165) is 25.9 Å². The van der Waals surface area contributed by atoms with Crippen LogP contribution in [-0.2, 0) is 4.74 Å². The topological polar surface area (TPSA) is 29.5 Å². The summed E-state index contributed by atoms with van der Waals surface area (Å²) in [5.74, 6) is 0. The quantitative estimate of drug-likeness (QED) is 0.643. The van der Waals surface area contributed by atoms with Crippen LogP contribution in [0.5, 0.6) is 0 Å². The first-order valence-electron chi connectivity index (χ1n) is 7.47. The second kappa shape index (κ2) is 7.65. The lowest BCUT2D eigenvalue weighted by molar-refractivity contribution is 0.0244. The van der Waals surface area contributed by atoms with Crippen LogP contribution in [0, 0.1) is 0 Å². The van der Waals surface area contributed by atoms with Gasteiger partial charge in [-0.2, -0.15) is 0 Å². The second-order valence-electron chi connectivity index (χ2n) is 6.30. The standard InChI is InChI=1S/C15H29NO2/c1-15(2,3)18-14(17)16-12-10-8-6-4-5-7-9-11-13-16/h4-13H2,1-3H3. The molecule has 3 nitrogen and oxygen atoms in total. The Hall–Kier alpha value is -0.730. The van der Waals surface area contributed by atoms with Crippen molar-refractivity contribution in [2.24, 2.45) is 0 Å². The highest BCUT2D eigenvalue weighted by Crippen LogP contribution is 2.15. The summed E-state index contributed by atoms with van der Waals surface area (Å²) in [7, 11) is 0. The Morgan fingerprint density at radius 3 is 1.61 bits per heavy atom. The minimum absolute atomic E-state index is 0.137. The van der Waals surface area contributed by atoms with Gasteiger partial charge in [-0.1, -0.05) is 38.5 Å². The zero-order valence-electron chi connectivity index (χ0n) is 12.3. The van der Waals surface area contributed by atoms with Crippen LogP contribution in [0.1, 0.15) is 72.1 Å². The van der Waals surface area contributed by atoms with Gasteiger partial charge in [0.2, 0.25) is 0 Å². The summed E-state index contributed by atoms with van der Waals surface area (Å²) in [6, 6.07) is 0. The van der Waals surface area contributed by atoms with E-state index < -0.39 is 0 Å². The molecule has 0 aromatic heterocycles. The molecule has 0 bridgehead atoms. The molecule has 1 rings (SSSR count). The molecule has 0 N–H and O–H groups in total. The lowest BCUT2D eigenvalue weighted by Crippen LogP contribution is -2.38. The second-order valence-corrected chi connectivity index (χ2v) is 6.30. The highest BCUT2D eigenvalue weighted by Gasteiger charge is 2.21. The average Bonchev–Trinajstić information content (AvgIpc) is 2.31. The van der Waals surface area contributed by atoms with E-state index in [1.165, 1.54) is 38.5 Å². The Kier molecular flexibility index (Phi) is 6.51. The van der Waals surface area contributed by atoms with Gasteiger partial charge in [0.1, 0.15) is 5.60 Å². The maximum absolute atomic E-state index is 12.1. The lowest BCUT2D eigenvalue weighted by atomic mass is 10.1. The number of rotatable bonds is 0. The fraction of sp³-hybridized carbons (Fsp3) is 0.933. The minimum Gasteiger partial charge on any atom is -0.444 e. The number of hydrogen-bond acceptors (Lipinski definition) is 2. The van der Waals surface area contributed by atoms with Gasteiger partial charge in [0, 0.05) is 13.1 Å². The Morgan fingerprint density at radius 1 is 0.833 bits per heavy atom. The summed E-state index contributed by atoms with van der Waals surface area (Å²) >= 11 is 0. The fourth-order valence-corrected chi connectivity index (χ4v) is 2.29. The molecule has 0 spiro atoms. The Morgan fingerprint density at radius 2 is 1.22 bits per heavy atom. The van der Waals surface area contributed by atoms with Crippen molar-refractivity contribution in [2.75, 3.05) is 13.1 Å². The van der Waals surface area contributed by atoms with Crippen molar-refractivity contribution in [3.63, 3.8) is 0 Å². The summed E-state index contributed by atoms with van der Waals surface area (Å²) in [6.07, 6.45) is 9.88. The molecule has 0 aromatic rings. The van der Waals surface area contributed by atoms with Gasteiger partial charge in [-0.05, 0) is 33.6 Å². The summed E-state index contributed by atoms with van der Waals surface area (Å²) in [5.41, 5.74) is -0.386. The smallest absolute Gasteiger partial charge is 0.410 e. The Labute approximate surface area is 112 Å². The molecule has 1 fully saturated rings. The van der Waals surface area contributed by atoms with Gasteiger partial charge in [0.15, 0.2) is 0 Å². The van der Waals surface area contributed by atoms with Crippen molar-refractivity contribution in [3.8, 4) is 0 Å². The zero-order valence-corrected chi connectivity index (χ0v) is 12.3. The molecule has 0 atom stereocenters. The first kappa shape index (κ1) is 15.3. The molecule has 106 valence electrons. The molecule has 0 saturated carbocycles. The van der Waals surface area contributed by atoms with Gasteiger partial charge >= 0.3 is 6.09 Å². The Bertz CT molecular complexity index is 233. The van der Waals surface area contributed by atoms with Crippen LogP contribution in [0.25, 0.3) is 0 Å². The van der Waals surface area contributed by atoms with Crippen LogP contribution in [0.15, 0.2) is 0 Å². The molecule has 1 aliphatic heterocycles. The number of carbonyl (C=O) groups is 1. The number of hydrogen-bond donors (Lipinski definition) is 0. The van der Waals surface area contributed by atoms with Crippen LogP contribution in [0.2, 0.25) is 0 Å². The first-order valence-corrected chi connectivity index (χ1v) is 7.47. The van der Waals surface area contributed by atoms with Crippen molar-refractivity contribution in [1.82, 2.24) is 4.90 Å². The first-order chi connectivity index (χ1) is 8.49. The molecule has 1 saturated heterocycles. The third-order valence-electron chi connectivity index (χ3n) is 3.26. The SMILES string of the molecule is CC(C)(C)OC(=O)N1CCCCCCCCCC1. The molecule has 1 amide bonds. The van der Waals surface area contributed by atoms with Gasteiger partial charge in [0.25, 0.3) is 0 Å². The van der Waals surface area contributed by atoms with Crippen molar-refractivity contribution in [3.05, 3.63) is 0 Å². The van der Waals surface area contributed by atoms with Crippen LogP contribution in [0.4, 0.5) is 4.79 Å². The summed E-state index contributed by atoms with van der Waals surface area (Å²) in [5, 5.41) is 0. The molecule has 0 radical (unpaired) electrons. The van der Waals surface area contributed by atoms with Gasteiger partial charge in [0.05, 0.1) is 0 Å². The maximum atomic E-state index is 12.1. The summed E-state index contributed by atoms with van der Waals surface area (Å²) in [6.45, 7) is 7.50. The number of carbonyl (C=O) groups excluding carboxylic acids is 1. The molecular weight excluding hydrogens is 226 g/mol. The van der Waals surface area contributed by atoms with Crippen molar-refractivity contribution in [2.45, 2.75) is 77.7 Å².